The van der Waals surface area contributed by atoms with E-state index in [9.17, 15) is 18.3 Å². The summed E-state index contributed by atoms with van der Waals surface area (Å²) in [7, 11) is -2.45. The summed E-state index contributed by atoms with van der Waals surface area (Å²) in [6.07, 6.45) is 0. The molecule has 0 radical (unpaired) electrons. The Hall–Kier alpha value is -2.31. The second-order valence-corrected chi connectivity index (χ2v) is 7.38. The number of carboxylic acids is 1. The first-order valence-electron chi connectivity index (χ1n) is 6.66. The van der Waals surface area contributed by atoms with E-state index in [1.165, 1.54) is 25.2 Å². The van der Waals surface area contributed by atoms with Crippen LogP contribution in [0.3, 0.4) is 0 Å². The molecule has 0 bridgehead atoms. The maximum atomic E-state index is 12.5. The summed E-state index contributed by atoms with van der Waals surface area (Å²) in [5.74, 6) is -1.21. The Balaban J connectivity index is 2.42. The van der Waals surface area contributed by atoms with Crippen molar-refractivity contribution >= 4 is 38.9 Å². The number of nitrogens with zero attached hydrogens (tertiary/aromatic N) is 1. The maximum Gasteiger partial charge on any atom is 0.338 e. The van der Waals surface area contributed by atoms with Crippen LogP contribution in [0.15, 0.2) is 53.4 Å². The van der Waals surface area contributed by atoms with E-state index in [0.717, 1.165) is 4.31 Å². The lowest BCUT2D eigenvalue weighted by Gasteiger charge is -2.16. The predicted octanol–water partition coefficient (Wildman–Crippen LogP) is 2.93. The van der Waals surface area contributed by atoms with Gasteiger partial charge in [0.25, 0.3) is 10.0 Å². The van der Waals surface area contributed by atoms with Gasteiger partial charge in [-0.2, -0.15) is 0 Å². The van der Waals surface area contributed by atoms with Gasteiger partial charge in [-0.15, -0.1) is 0 Å². The minimum atomic E-state index is -3.78. The highest BCUT2D eigenvalue weighted by Crippen LogP contribution is 2.42. The Morgan fingerprint density at radius 3 is 2.39 bits per heavy atom. The van der Waals surface area contributed by atoms with Gasteiger partial charge in [0.05, 0.1) is 16.2 Å². The number of halogens is 1. The van der Waals surface area contributed by atoms with E-state index >= 15 is 0 Å². The predicted molar refractivity (Wildman–Crippen MR) is 87.3 cm³/mol. The molecule has 1 aliphatic rings. The lowest BCUT2D eigenvalue weighted by molar-refractivity contribution is -0.130. The summed E-state index contributed by atoms with van der Waals surface area (Å²) < 4.78 is 26.0. The molecule has 7 heteroatoms. The van der Waals surface area contributed by atoms with E-state index in [1.54, 1.807) is 30.3 Å². The first-order chi connectivity index (χ1) is 10.8. The van der Waals surface area contributed by atoms with E-state index in [4.69, 9.17) is 11.6 Å². The van der Waals surface area contributed by atoms with Crippen LogP contribution in [0.4, 0.5) is 0 Å². The number of fused-ring (bicyclic) bond motifs is 1. The minimum absolute atomic E-state index is 0.0501. The Morgan fingerprint density at radius 1 is 1.13 bits per heavy atom. The quantitative estimate of drug-likeness (QED) is 0.846. The van der Waals surface area contributed by atoms with Crippen LogP contribution in [0.25, 0.3) is 11.3 Å². The number of rotatable bonds is 2. The van der Waals surface area contributed by atoms with Gasteiger partial charge in [0.2, 0.25) is 0 Å². The molecule has 2 aromatic rings. The molecule has 0 fully saturated rings. The molecule has 5 nitrogen and oxygen atoms in total. The van der Waals surface area contributed by atoms with Crippen molar-refractivity contribution in [3.8, 4) is 0 Å². The fourth-order valence-electron chi connectivity index (χ4n) is 2.61. The molecular weight excluding hydrogens is 338 g/mol. The monoisotopic (exact) mass is 349 g/mol. The van der Waals surface area contributed by atoms with Crippen molar-refractivity contribution in [3.63, 3.8) is 0 Å². The van der Waals surface area contributed by atoms with E-state index in [0.29, 0.717) is 16.1 Å². The molecule has 0 unspecified atom stereocenters. The molecule has 1 N–H and O–H groups in total. The molecule has 1 aliphatic heterocycles. The highest BCUT2D eigenvalue weighted by Gasteiger charge is 2.39. The first-order valence-corrected chi connectivity index (χ1v) is 8.47. The van der Waals surface area contributed by atoms with Gasteiger partial charge < -0.3 is 5.11 Å². The lowest BCUT2D eigenvalue weighted by atomic mass is 9.99. The molecular formula is C16H12ClNO4S. The second-order valence-electron chi connectivity index (χ2n) is 5.01. The topological polar surface area (TPSA) is 74.7 Å². The van der Waals surface area contributed by atoms with Gasteiger partial charge in [-0.25, -0.2) is 13.2 Å². The van der Waals surface area contributed by atoms with Crippen LogP contribution in [0, 0.1) is 0 Å². The number of carbonyl (C=O) groups is 1. The molecule has 0 saturated carbocycles. The summed E-state index contributed by atoms with van der Waals surface area (Å²) in [6.45, 7) is 0. The van der Waals surface area contributed by atoms with Gasteiger partial charge in [-0.05, 0) is 23.8 Å². The maximum absolute atomic E-state index is 12.5. The second kappa shape index (κ2) is 5.40. The van der Waals surface area contributed by atoms with Crippen LogP contribution in [-0.4, -0.2) is 30.8 Å². The van der Waals surface area contributed by atoms with Gasteiger partial charge in [0.1, 0.15) is 0 Å². The largest absolute Gasteiger partial charge is 0.478 e. The summed E-state index contributed by atoms with van der Waals surface area (Å²) in [5.41, 5.74) is 0.741. The standard InChI is InChI=1S/C16H12ClNO4S/c1-18-15(14(16(19)20)10-5-3-2-4-6-10)12-9-11(17)7-8-13(12)23(18,21)22/h2-9H,1H3,(H,19,20)/b15-14+. The molecule has 1 heterocycles. The fourth-order valence-corrected chi connectivity index (χ4v) is 4.18. The van der Waals surface area contributed by atoms with Gasteiger partial charge in [-0.3, -0.25) is 4.31 Å². The van der Waals surface area contributed by atoms with Gasteiger partial charge in [0, 0.05) is 17.6 Å². The van der Waals surface area contributed by atoms with Crippen LogP contribution in [0.1, 0.15) is 11.1 Å². The van der Waals surface area contributed by atoms with Crippen molar-refractivity contribution in [2.24, 2.45) is 0 Å². The normalized spacial score (nSPS) is 17.7. The van der Waals surface area contributed by atoms with Crippen molar-refractivity contribution in [1.82, 2.24) is 4.31 Å². The highest BCUT2D eigenvalue weighted by molar-refractivity contribution is 7.90. The zero-order valence-corrected chi connectivity index (χ0v) is 13.6. The number of sulfonamides is 1. The molecule has 0 spiro atoms. The fraction of sp³-hybridized carbons (Fsp3) is 0.0625. The molecule has 0 amide bonds. The third-order valence-electron chi connectivity index (χ3n) is 3.66. The Labute approximate surface area is 138 Å². The van der Waals surface area contributed by atoms with Crippen LogP contribution in [0.2, 0.25) is 5.02 Å². The molecule has 23 heavy (non-hydrogen) atoms. The SMILES string of the molecule is CN1/C(=C(/C(=O)O)c2ccccc2)c2cc(Cl)ccc2S1(=O)=O. The zero-order valence-electron chi connectivity index (χ0n) is 12.0. The number of carboxylic acid groups (broad SMARTS) is 1. The van der Waals surface area contributed by atoms with Crippen molar-refractivity contribution in [2.75, 3.05) is 7.05 Å². The third-order valence-corrected chi connectivity index (χ3v) is 5.71. The summed E-state index contributed by atoms with van der Waals surface area (Å²) in [6, 6.07) is 12.7. The average molecular weight is 350 g/mol. The van der Waals surface area contributed by atoms with Crippen molar-refractivity contribution in [2.45, 2.75) is 4.90 Å². The number of hydrogen-bond donors (Lipinski definition) is 1. The van der Waals surface area contributed by atoms with E-state index in [2.05, 4.69) is 0 Å². The van der Waals surface area contributed by atoms with E-state index in [-0.39, 0.29) is 16.2 Å². The Kier molecular flexibility index (Phi) is 3.66. The number of aliphatic carboxylic acids is 1. The molecule has 0 atom stereocenters. The minimum Gasteiger partial charge on any atom is -0.478 e. The Morgan fingerprint density at radius 2 is 1.78 bits per heavy atom. The molecule has 118 valence electrons. The van der Waals surface area contributed by atoms with Crippen molar-refractivity contribution < 1.29 is 18.3 Å². The van der Waals surface area contributed by atoms with Gasteiger partial charge in [0.15, 0.2) is 0 Å². The molecule has 0 saturated heterocycles. The Bertz CT molecular complexity index is 936. The zero-order chi connectivity index (χ0) is 16.8. The van der Waals surface area contributed by atoms with Crippen molar-refractivity contribution in [1.29, 1.82) is 0 Å². The lowest BCUT2D eigenvalue weighted by Crippen LogP contribution is -2.20. The van der Waals surface area contributed by atoms with Crippen LogP contribution in [-0.2, 0) is 14.8 Å². The van der Waals surface area contributed by atoms with E-state index in [1.807, 2.05) is 0 Å². The highest BCUT2D eigenvalue weighted by atomic mass is 35.5. The smallest absolute Gasteiger partial charge is 0.338 e. The summed E-state index contributed by atoms with van der Waals surface area (Å²) in [4.78, 5) is 11.9. The molecule has 3 rings (SSSR count). The average Bonchev–Trinajstić information content (AvgIpc) is 2.69. The first kappa shape index (κ1) is 15.6. The van der Waals surface area contributed by atoms with Gasteiger partial charge in [-0.1, -0.05) is 41.9 Å². The molecule has 0 aliphatic carbocycles. The number of hydrogen-bond acceptors (Lipinski definition) is 3. The van der Waals surface area contributed by atoms with Crippen LogP contribution >= 0.6 is 11.6 Å². The van der Waals surface area contributed by atoms with Crippen LogP contribution < -0.4 is 0 Å². The number of benzene rings is 2. The van der Waals surface area contributed by atoms with E-state index < -0.39 is 16.0 Å². The summed E-state index contributed by atoms with van der Waals surface area (Å²) in [5, 5.41) is 10.00. The van der Waals surface area contributed by atoms with Gasteiger partial charge >= 0.3 is 5.97 Å². The third kappa shape index (κ3) is 2.40. The van der Waals surface area contributed by atoms with Crippen molar-refractivity contribution in [3.05, 3.63) is 64.7 Å². The molecule has 0 aromatic heterocycles. The molecule has 2 aromatic carbocycles. The van der Waals surface area contributed by atoms with Crippen LogP contribution in [0.5, 0.6) is 0 Å². The summed E-state index contributed by atoms with van der Waals surface area (Å²) >= 11 is 5.98.